The van der Waals surface area contributed by atoms with Crippen LogP contribution in [0.25, 0.3) is 6.08 Å². The summed E-state index contributed by atoms with van der Waals surface area (Å²) in [5, 5.41) is 2.86. The summed E-state index contributed by atoms with van der Waals surface area (Å²) in [6.07, 6.45) is 3.10. The number of nitrogens with one attached hydrogen (secondary N) is 1. The van der Waals surface area contributed by atoms with Crippen LogP contribution in [0.5, 0.6) is 5.75 Å². The molecule has 1 saturated heterocycles. The number of hydrogen-bond donors (Lipinski definition) is 1. The molecule has 3 rings (SSSR count). The SMILES string of the molecule is C=CCOc1ccc(/C=C2\C(=O)NC(=S)N(c3cccc(Cl)c3Cl)C2=O)cc1Br. The lowest BCUT2D eigenvalue weighted by Crippen LogP contribution is -2.54. The van der Waals surface area contributed by atoms with Crippen molar-refractivity contribution in [3.63, 3.8) is 0 Å². The van der Waals surface area contributed by atoms with E-state index in [0.717, 1.165) is 4.90 Å². The van der Waals surface area contributed by atoms with Gasteiger partial charge in [0, 0.05) is 0 Å². The third kappa shape index (κ3) is 4.53. The molecule has 0 saturated carbocycles. The van der Waals surface area contributed by atoms with E-state index in [4.69, 9.17) is 40.2 Å². The molecule has 1 heterocycles. The second-order valence-electron chi connectivity index (χ2n) is 5.82. The molecule has 9 heteroatoms. The van der Waals surface area contributed by atoms with Crippen LogP contribution >= 0.6 is 51.3 Å². The maximum absolute atomic E-state index is 13.1. The zero-order valence-electron chi connectivity index (χ0n) is 14.7. The third-order valence-corrected chi connectivity index (χ3v) is 5.61. The van der Waals surface area contributed by atoms with E-state index in [2.05, 4.69) is 27.8 Å². The van der Waals surface area contributed by atoms with Crippen LogP contribution in [-0.4, -0.2) is 23.5 Å². The van der Waals surface area contributed by atoms with Gasteiger partial charge in [-0.2, -0.15) is 0 Å². The van der Waals surface area contributed by atoms with Crippen molar-refractivity contribution in [3.8, 4) is 5.75 Å². The monoisotopic (exact) mass is 510 g/mol. The van der Waals surface area contributed by atoms with Crippen LogP contribution in [-0.2, 0) is 9.59 Å². The smallest absolute Gasteiger partial charge is 0.270 e. The Morgan fingerprint density at radius 2 is 2.00 bits per heavy atom. The highest BCUT2D eigenvalue weighted by molar-refractivity contribution is 9.10. The second kappa shape index (κ2) is 9.09. The van der Waals surface area contributed by atoms with E-state index in [1.807, 2.05) is 0 Å². The average molecular weight is 512 g/mol. The minimum Gasteiger partial charge on any atom is -0.488 e. The molecule has 0 bridgehead atoms. The van der Waals surface area contributed by atoms with Gasteiger partial charge in [-0.3, -0.25) is 19.8 Å². The maximum atomic E-state index is 13.1. The molecule has 148 valence electrons. The van der Waals surface area contributed by atoms with Crippen molar-refractivity contribution in [2.24, 2.45) is 0 Å². The number of nitrogens with zero attached hydrogens (tertiary/aromatic N) is 1. The number of carbonyl (C=O) groups is 2. The van der Waals surface area contributed by atoms with E-state index in [-0.39, 0.29) is 26.4 Å². The fourth-order valence-corrected chi connectivity index (χ4v) is 3.75. The first-order valence-corrected chi connectivity index (χ1v) is 10.2. The Hall–Kier alpha value is -2.19. The fourth-order valence-electron chi connectivity index (χ4n) is 2.58. The molecule has 2 aromatic rings. The number of amides is 2. The number of thiocarbonyl (C=S) groups is 1. The summed E-state index contributed by atoms with van der Waals surface area (Å²) in [6, 6.07) is 10.00. The number of rotatable bonds is 5. The number of benzene rings is 2. The molecule has 2 aromatic carbocycles. The van der Waals surface area contributed by atoms with Crippen molar-refractivity contribution < 1.29 is 14.3 Å². The van der Waals surface area contributed by atoms with Gasteiger partial charge in [0.2, 0.25) is 0 Å². The van der Waals surface area contributed by atoms with Gasteiger partial charge in [-0.15, -0.1) is 0 Å². The molecule has 1 N–H and O–H groups in total. The number of hydrogen-bond acceptors (Lipinski definition) is 4. The zero-order chi connectivity index (χ0) is 21.1. The summed E-state index contributed by atoms with van der Waals surface area (Å²) in [4.78, 5) is 26.6. The van der Waals surface area contributed by atoms with Crippen molar-refractivity contribution in [3.05, 3.63) is 74.7 Å². The van der Waals surface area contributed by atoms with Gasteiger partial charge in [-0.05, 0) is 64.1 Å². The molecule has 0 spiro atoms. The molecule has 0 radical (unpaired) electrons. The molecule has 1 aliphatic heterocycles. The highest BCUT2D eigenvalue weighted by Gasteiger charge is 2.35. The first-order chi connectivity index (χ1) is 13.8. The lowest BCUT2D eigenvalue weighted by Gasteiger charge is -2.29. The van der Waals surface area contributed by atoms with Crippen LogP contribution in [0.1, 0.15) is 5.56 Å². The van der Waals surface area contributed by atoms with Crippen molar-refractivity contribution in [1.82, 2.24) is 5.32 Å². The largest absolute Gasteiger partial charge is 0.488 e. The van der Waals surface area contributed by atoms with Crippen molar-refractivity contribution in [2.45, 2.75) is 0 Å². The molecular weight excluding hydrogens is 499 g/mol. The standard InChI is InChI=1S/C20H13BrCl2N2O3S/c1-2-8-28-16-7-6-11(10-13(16)21)9-12-18(26)24-20(29)25(19(12)27)15-5-3-4-14(22)17(15)23/h2-7,9-10H,1,8H2,(H,24,26,29)/b12-9+. The third-order valence-electron chi connectivity index (χ3n) is 3.90. The molecule has 0 unspecified atom stereocenters. The fraction of sp³-hybridized carbons (Fsp3) is 0.0500. The minimum atomic E-state index is -0.606. The number of ether oxygens (including phenoxy) is 1. The summed E-state index contributed by atoms with van der Waals surface area (Å²) in [7, 11) is 0. The molecular formula is C20H13BrCl2N2O3S. The Bertz CT molecular complexity index is 1070. The molecule has 1 fully saturated rings. The van der Waals surface area contributed by atoms with E-state index < -0.39 is 11.8 Å². The second-order valence-corrected chi connectivity index (χ2v) is 7.85. The average Bonchev–Trinajstić information content (AvgIpc) is 2.67. The van der Waals surface area contributed by atoms with Gasteiger partial charge in [-0.25, -0.2) is 0 Å². The number of anilines is 1. The molecule has 0 aliphatic carbocycles. The Balaban J connectivity index is 1.98. The molecule has 5 nitrogen and oxygen atoms in total. The van der Waals surface area contributed by atoms with E-state index in [1.165, 1.54) is 6.08 Å². The highest BCUT2D eigenvalue weighted by Crippen LogP contribution is 2.34. The van der Waals surface area contributed by atoms with E-state index in [0.29, 0.717) is 22.4 Å². The Kier molecular flexibility index (Phi) is 6.74. The summed E-state index contributed by atoms with van der Waals surface area (Å²) < 4.78 is 6.17. The zero-order valence-corrected chi connectivity index (χ0v) is 18.7. The summed E-state index contributed by atoms with van der Waals surface area (Å²) >= 11 is 20.9. The van der Waals surface area contributed by atoms with Gasteiger partial charge in [0.15, 0.2) is 5.11 Å². The number of carbonyl (C=O) groups excluding carboxylic acids is 2. The van der Waals surface area contributed by atoms with Gasteiger partial charge in [-0.1, -0.05) is 48.0 Å². The minimum absolute atomic E-state index is 0.0735. The summed E-state index contributed by atoms with van der Waals surface area (Å²) in [6.45, 7) is 3.96. The van der Waals surface area contributed by atoms with Gasteiger partial charge in [0.25, 0.3) is 11.8 Å². The van der Waals surface area contributed by atoms with Crippen LogP contribution < -0.4 is 15.0 Å². The van der Waals surface area contributed by atoms with E-state index in [9.17, 15) is 9.59 Å². The quantitative estimate of drug-likeness (QED) is 0.261. The molecule has 29 heavy (non-hydrogen) atoms. The van der Waals surface area contributed by atoms with Gasteiger partial charge in [0.05, 0.1) is 20.2 Å². The highest BCUT2D eigenvalue weighted by atomic mass is 79.9. The first-order valence-electron chi connectivity index (χ1n) is 8.22. The molecule has 0 atom stereocenters. The molecule has 2 amide bonds. The Labute approximate surface area is 191 Å². The molecule has 0 aromatic heterocycles. The maximum Gasteiger partial charge on any atom is 0.270 e. The van der Waals surface area contributed by atoms with Gasteiger partial charge in [0.1, 0.15) is 17.9 Å². The van der Waals surface area contributed by atoms with Crippen LogP contribution in [0.3, 0.4) is 0 Å². The Morgan fingerprint density at radius 3 is 2.69 bits per heavy atom. The van der Waals surface area contributed by atoms with Crippen LogP contribution in [0.15, 0.2) is 59.1 Å². The van der Waals surface area contributed by atoms with Crippen LogP contribution in [0, 0.1) is 0 Å². The van der Waals surface area contributed by atoms with E-state index in [1.54, 1.807) is 42.5 Å². The normalized spacial score (nSPS) is 15.5. The van der Waals surface area contributed by atoms with Crippen LogP contribution in [0.2, 0.25) is 10.0 Å². The Morgan fingerprint density at radius 1 is 1.24 bits per heavy atom. The predicted octanol–water partition coefficient (Wildman–Crippen LogP) is 5.15. The van der Waals surface area contributed by atoms with Crippen molar-refractivity contribution >= 4 is 80.0 Å². The van der Waals surface area contributed by atoms with Crippen molar-refractivity contribution in [1.29, 1.82) is 0 Å². The molecule has 1 aliphatic rings. The summed E-state index contributed by atoms with van der Waals surface area (Å²) in [5.74, 6) is -0.594. The van der Waals surface area contributed by atoms with Gasteiger partial charge < -0.3 is 4.74 Å². The van der Waals surface area contributed by atoms with Crippen molar-refractivity contribution in [2.75, 3.05) is 11.5 Å². The van der Waals surface area contributed by atoms with Gasteiger partial charge >= 0.3 is 0 Å². The topological polar surface area (TPSA) is 58.6 Å². The van der Waals surface area contributed by atoms with E-state index >= 15 is 0 Å². The predicted molar refractivity (Wildman–Crippen MR) is 122 cm³/mol. The van der Waals surface area contributed by atoms with Crippen LogP contribution in [0.4, 0.5) is 5.69 Å². The summed E-state index contributed by atoms with van der Waals surface area (Å²) in [5.41, 5.74) is 0.807. The lowest BCUT2D eigenvalue weighted by molar-refractivity contribution is -0.122. The number of halogens is 3. The first kappa shape index (κ1) is 21.5. The lowest BCUT2D eigenvalue weighted by atomic mass is 10.1.